The van der Waals surface area contributed by atoms with Crippen LogP contribution in [0.3, 0.4) is 0 Å². The Bertz CT molecular complexity index is 1830. The molecular formula is C35H28IrN2OS-2. The molecule has 3 aromatic carbocycles. The fourth-order valence-corrected chi connectivity index (χ4v) is 5.60. The van der Waals surface area contributed by atoms with E-state index in [0.29, 0.717) is 0 Å². The van der Waals surface area contributed by atoms with Gasteiger partial charge in [0.15, 0.2) is 0 Å². The normalized spacial score (nSPS) is 11.3. The summed E-state index contributed by atoms with van der Waals surface area (Å²) >= 11 is 1.76. The Morgan fingerprint density at radius 2 is 1.65 bits per heavy atom. The topological polar surface area (TPSA) is 38.9 Å². The fraction of sp³-hybridized carbons (Fsp3) is 0.143. The Hall–Kier alpha value is -3.63. The number of fused-ring (bicyclic) bond motifs is 4. The molecule has 0 aliphatic carbocycles. The van der Waals surface area contributed by atoms with Gasteiger partial charge in [-0.3, -0.25) is 0 Å². The van der Waals surface area contributed by atoms with E-state index in [1.54, 1.807) is 17.5 Å². The molecule has 0 saturated carbocycles. The van der Waals surface area contributed by atoms with Crippen LogP contribution in [0.5, 0.6) is 0 Å². The molecule has 0 aliphatic heterocycles. The molecule has 0 amide bonds. The number of furan rings is 1. The zero-order chi connectivity index (χ0) is 26.8. The Kier molecular flexibility index (Phi) is 8.27. The van der Waals surface area contributed by atoms with E-state index in [-0.39, 0.29) is 25.5 Å². The zero-order valence-electron chi connectivity index (χ0n) is 22.6. The van der Waals surface area contributed by atoms with Crippen LogP contribution < -0.4 is 0 Å². The minimum atomic E-state index is 0. The van der Waals surface area contributed by atoms with Crippen molar-refractivity contribution in [2.45, 2.75) is 27.2 Å². The first-order valence-corrected chi connectivity index (χ1v) is 13.9. The predicted molar refractivity (Wildman–Crippen MR) is 163 cm³/mol. The monoisotopic (exact) mass is 717 g/mol. The summed E-state index contributed by atoms with van der Waals surface area (Å²) in [5.74, 6) is 0. The van der Waals surface area contributed by atoms with Crippen LogP contribution in [0.2, 0.25) is 0 Å². The summed E-state index contributed by atoms with van der Waals surface area (Å²) < 4.78 is 7.57. The molecule has 4 heterocycles. The molecule has 7 rings (SSSR count). The number of pyridine rings is 2. The van der Waals surface area contributed by atoms with Crippen molar-refractivity contribution < 1.29 is 24.5 Å². The van der Waals surface area contributed by atoms with Gasteiger partial charge in [-0.2, -0.15) is 0 Å². The van der Waals surface area contributed by atoms with Crippen LogP contribution in [-0.2, 0) is 26.5 Å². The van der Waals surface area contributed by atoms with Crippen LogP contribution in [-0.4, -0.2) is 9.97 Å². The van der Waals surface area contributed by atoms with Gasteiger partial charge in [0.1, 0.15) is 5.58 Å². The molecule has 40 heavy (non-hydrogen) atoms. The zero-order valence-corrected chi connectivity index (χ0v) is 25.8. The molecule has 4 aromatic heterocycles. The summed E-state index contributed by atoms with van der Waals surface area (Å²) in [4.78, 5) is 8.83. The summed E-state index contributed by atoms with van der Waals surface area (Å²) in [5, 5.41) is 5.62. The maximum Gasteiger partial charge on any atom is 0.121 e. The minimum Gasteiger partial charge on any atom is -0.501 e. The molecule has 0 fully saturated rings. The van der Waals surface area contributed by atoms with Gasteiger partial charge < -0.3 is 14.4 Å². The van der Waals surface area contributed by atoms with Crippen molar-refractivity contribution in [3.8, 4) is 22.5 Å². The summed E-state index contributed by atoms with van der Waals surface area (Å²) in [6.45, 7) is 6.76. The maximum atomic E-state index is 6.29. The van der Waals surface area contributed by atoms with Crippen molar-refractivity contribution >= 4 is 43.4 Å². The van der Waals surface area contributed by atoms with Gasteiger partial charge in [-0.1, -0.05) is 55.5 Å². The summed E-state index contributed by atoms with van der Waals surface area (Å²) in [7, 11) is 0. The van der Waals surface area contributed by atoms with E-state index in [9.17, 15) is 0 Å². The van der Waals surface area contributed by atoms with Crippen LogP contribution >= 0.6 is 11.3 Å². The van der Waals surface area contributed by atoms with E-state index in [0.717, 1.165) is 50.9 Å². The van der Waals surface area contributed by atoms with Crippen molar-refractivity contribution in [3.05, 3.63) is 120 Å². The quantitative estimate of drug-likeness (QED) is 0.171. The van der Waals surface area contributed by atoms with E-state index < -0.39 is 0 Å². The summed E-state index contributed by atoms with van der Waals surface area (Å²) in [6.07, 6.45) is 4.69. The summed E-state index contributed by atoms with van der Waals surface area (Å²) in [6, 6.07) is 35.0. The Labute approximate surface area is 252 Å². The van der Waals surface area contributed by atoms with Gasteiger partial charge in [-0.05, 0) is 64.3 Å². The van der Waals surface area contributed by atoms with Crippen LogP contribution in [0, 0.1) is 17.5 Å². The number of thiophene rings is 1. The second-order valence-corrected chi connectivity index (χ2v) is 11.7. The number of aromatic nitrogens is 2. The van der Waals surface area contributed by atoms with Gasteiger partial charge >= 0.3 is 0 Å². The van der Waals surface area contributed by atoms with Gasteiger partial charge in [-0.15, -0.1) is 65.4 Å². The van der Waals surface area contributed by atoms with Gasteiger partial charge in [0.25, 0.3) is 0 Å². The third-order valence-corrected chi connectivity index (χ3v) is 7.35. The molecule has 201 valence electrons. The SMILES string of the molecule is CC(C)(C)Cc1ccnc(-c2[c-]ccc3c2oc2cc4ccsc4cc23)c1.[Ir].[c-]1ccccc1-c1ccccn1. The molecule has 0 N–H and O–H groups in total. The minimum absolute atomic E-state index is 0. The van der Waals surface area contributed by atoms with E-state index in [1.807, 2.05) is 54.7 Å². The Morgan fingerprint density at radius 1 is 0.800 bits per heavy atom. The summed E-state index contributed by atoms with van der Waals surface area (Å²) in [5.41, 5.74) is 7.17. The van der Waals surface area contributed by atoms with Gasteiger partial charge in [-0.25, -0.2) is 0 Å². The largest absolute Gasteiger partial charge is 0.501 e. The van der Waals surface area contributed by atoms with Crippen molar-refractivity contribution in [1.29, 1.82) is 0 Å². The van der Waals surface area contributed by atoms with Gasteiger partial charge in [0.2, 0.25) is 0 Å². The molecule has 3 nitrogen and oxygen atoms in total. The Balaban J connectivity index is 0.000000209. The number of nitrogens with zero attached hydrogens (tertiary/aromatic N) is 2. The molecule has 0 unspecified atom stereocenters. The van der Waals surface area contributed by atoms with E-state index in [1.165, 1.54) is 15.6 Å². The third-order valence-electron chi connectivity index (χ3n) is 6.47. The molecule has 0 bridgehead atoms. The molecule has 0 aliphatic rings. The molecular weight excluding hydrogens is 689 g/mol. The van der Waals surface area contributed by atoms with E-state index in [2.05, 4.69) is 84.7 Å². The standard InChI is InChI=1S/C24H20NOS.C11H8N.Ir/c1-24(2,3)14-15-7-9-25-20(11-15)18-6-4-5-17-19-13-22-16(8-10-27-22)12-21(19)26-23(17)18;1-2-6-10(7-3-1)11-8-4-5-9-12-11;/h4-5,7-13H,14H2,1-3H3;1-6,8-9H;/q2*-1;. The van der Waals surface area contributed by atoms with Crippen molar-refractivity contribution in [1.82, 2.24) is 9.97 Å². The number of hydrogen-bond donors (Lipinski definition) is 0. The maximum absolute atomic E-state index is 6.29. The second kappa shape index (κ2) is 11.9. The van der Waals surface area contributed by atoms with Crippen molar-refractivity contribution in [2.24, 2.45) is 5.41 Å². The van der Waals surface area contributed by atoms with Crippen molar-refractivity contribution in [2.75, 3.05) is 0 Å². The third kappa shape index (κ3) is 6.08. The van der Waals surface area contributed by atoms with Crippen LogP contribution in [0.1, 0.15) is 26.3 Å². The molecule has 0 spiro atoms. The smallest absolute Gasteiger partial charge is 0.121 e. The molecule has 0 atom stereocenters. The van der Waals surface area contributed by atoms with E-state index >= 15 is 0 Å². The number of benzene rings is 3. The molecule has 5 heteroatoms. The number of hydrogen-bond acceptors (Lipinski definition) is 4. The van der Waals surface area contributed by atoms with Crippen LogP contribution in [0.15, 0.2) is 107 Å². The molecule has 1 radical (unpaired) electrons. The van der Waals surface area contributed by atoms with Crippen LogP contribution in [0.25, 0.3) is 54.5 Å². The molecule has 0 saturated heterocycles. The first-order chi connectivity index (χ1) is 18.9. The second-order valence-electron chi connectivity index (χ2n) is 10.8. The van der Waals surface area contributed by atoms with E-state index in [4.69, 9.17) is 4.42 Å². The first kappa shape index (κ1) is 27.9. The molecule has 7 aromatic rings. The Morgan fingerprint density at radius 3 is 2.42 bits per heavy atom. The average Bonchev–Trinajstić information content (AvgIpc) is 3.56. The predicted octanol–water partition coefficient (Wildman–Crippen LogP) is 9.80. The number of rotatable bonds is 3. The first-order valence-electron chi connectivity index (χ1n) is 13.0. The van der Waals surface area contributed by atoms with Crippen molar-refractivity contribution in [3.63, 3.8) is 0 Å². The van der Waals surface area contributed by atoms with Crippen LogP contribution in [0.4, 0.5) is 0 Å². The fourth-order valence-electron chi connectivity index (χ4n) is 4.79. The average molecular weight is 717 g/mol. The van der Waals surface area contributed by atoms with Gasteiger partial charge in [0.05, 0.1) is 5.58 Å². The van der Waals surface area contributed by atoms with Gasteiger partial charge in [0, 0.05) is 42.6 Å².